The van der Waals surface area contributed by atoms with Gasteiger partial charge < -0.3 is 9.80 Å². The lowest BCUT2D eigenvalue weighted by atomic mass is 10.2. The number of hydrogen-bond acceptors (Lipinski definition) is 4. The monoisotopic (exact) mass is 405 g/mol. The first-order valence-electron chi connectivity index (χ1n) is 9.10. The molecule has 0 saturated carbocycles. The van der Waals surface area contributed by atoms with Crippen molar-refractivity contribution in [3.63, 3.8) is 0 Å². The van der Waals surface area contributed by atoms with Gasteiger partial charge in [-0.1, -0.05) is 30.3 Å². The van der Waals surface area contributed by atoms with E-state index in [2.05, 4.69) is 4.90 Å². The van der Waals surface area contributed by atoms with Gasteiger partial charge in [-0.3, -0.25) is 4.79 Å². The van der Waals surface area contributed by atoms with Gasteiger partial charge in [0.2, 0.25) is 15.9 Å². The van der Waals surface area contributed by atoms with Crippen LogP contribution in [0.25, 0.3) is 0 Å². The molecule has 0 aliphatic carbocycles. The lowest BCUT2D eigenvalue weighted by Crippen LogP contribution is -2.51. The summed E-state index contributed by atoms with van der Waals surface area (Å²) in [6, 6.07) is 15.5. The fourth-order valence-corrected chi connectivity index (χ4v) is 3.92. The van der Waals surface area contributed by atoms with Crippen LogP contribution in [-0.2, 0) is 21.4 Å². The molecule has 1 saturated heterocycles. The number of carbonyl (C=O) groups excluding carboxylic acids is 1. The van der Waals surface area contributed by atoms with Crippen LogP contribution >= 0.6 is 0 Å². The molecule has 6 nitrogen and oxygen atoms in total. The number of hydrogen-bond donors (Lipinski definition) is 0. The molecule has 0 spiro atoms. The van der Waals surface area contributed by atoms with Gasteiger partial charge in [0.25, 0.3) is 0 Å². The summed E-state index contributed by atoms with van der Waals surface area (Å²) in [4.78, 5) is 16.5. The summed E-state index contributed by atoms with van der Waals surface area (Å²) in [7, 11) is -3.51. The first-order chi connectivity index (χ1) is 13.3. The van der Waals surface area contributed by atoms with Crippen LogP contribution in [0.3, 0.4) is 0 Å². The predicted octanol–water partition coefficient (Wildman–Crippen LogP) is 1.94. The Balaban J connectivity index is 1.59. The van der Waals surface area contributed by atoms with Crippen LogP contribution in [0.2, 0.25) is 0 Å². The minimum Gasteiger partial charge on any atom is -0.368 e. The zero-order chi connectivity index (χ0) is 20.1. The third-order valence-electron chi connectivity index (χ3n) is 4.81. The largest absolute Gasteiger partial charge is 0.368 e. The fraction of sp³-hybridized carbons (Fsp3) is 0.350. The summed E-state index contributed by atoms with van der Waals surface area (Å²) in [6.07, 6.45) is 1.12. The third-order valence-corrected chi connectivity index (χ3v) is 6.00. The van der Waals surface area contributed by atoms with Crippen LogP contribution in [0.4, 0.5) is 10.1 Å². The van der Waals surface area contributed by atoms with Gasteiger partial charge in [0, 0.05) is 38.4 Å². The summed E-state index contributed by atoms with van der Waals surface area (Å²) in [5.74, 6) is -0.489. The van der Waals surface area contributed by atoms with Gasteiger partial charge in [-0.2, -0.15) is 4.31 Å². The van der Waals surface area contributed by atoms with E-state index >= 15 is 0 Å². The number of sulfonamides is 1. The van der Waals surface area contributed by atoms with Crippen molar-refractivity contribution in [1.82, 2.24) is 9.21 Å². The molecule has 0 atom stereocenters. The highest BCUT2D eigenvalue weighted by Crippen LogP contribution is 2.17. The van der Waals surface area contributed by atoms with Crippen molar-refractivity contribution in [1.29, 1.82) is 0 Å². The van der Waals surface area contributed by atoms with E-state index in [0.29, 0.717) is 26.2 Å². The Morgan fingerprint density at radius 3 is 2.18 bits per heavy atom. The third kappa shape index (κ3) is 5.30. The lowest BCUT2D eigenvalue weighted by molar-refractivity contribution is -0.131. The van der Waals surface area contributed by atoms with E-state index in [4.69, 9.17) is 0 Å². The molecule has 0 bridgehead atoms. The number of amides is 1. The van der Waals surface area contributed by atoms with E-state index in [-0.39, 0.29) is 24.8 Å². The van der Waals surface area contributed by atoms with Crippen molar-refractivity contribution in [2.24, 2.45) is 0 Å². The summed E-state index contributed by atoms with van der Waals surface area (Å²) < 4.78 is 38.5. The zero-order valence-electron chi connectivity index (χ0n) is 15.8. The average molecular weight is 405 g/mol. The first-order valence-corrected chi connectivity index (χ1v) is 10.9. The molecule has 28 heavy (non-hydrogen) atoms. The molecule has 0 unspecified atom stereocenters. The maximum Gasteiger partial charge on any atom is 0.238 e. The van der Waals surface area contributed by atoms with E-state index in [1.54, 1.807) is 17.0 Å². The Morgan fingerprint density at radius 1 is 1.00 bits per heavy atom. The molecule has 2 aromatic carbocycles. The van der Waals surface area contributed by atoms with Crippen molar-refractivity contribution in [2.75, 3.05) is 43.9 Å². The summed E-state index contributed by atoms with van der Waals surface area (Å²) in [6.45, 7) is 2.23. The minimum absolute atomic E-state index is 0.168. The highest BCUT2D eigenvalue weighted by molar-refractivity contribution is 7.88. The lowest BCUT2D eigenvalue weighted by Gasteiger charge is -2.36. The predicted molar refractivity (Wildman–Crippen MR) is 107 cm³/mol. The molecule has 1 aliphatic heterocycles. The van der Waals surface area contributed by atoms with Gasteiger partial charge >= 0.3 is 0 Å². The molecule has 1 aliphatic rings. The summed E-state index contributed by atoms with van der Waals surface area (Å²) in [5.41, 5.74) is 1.75. The number of nitrogens with zero attached hydrogens (tertiary/aromatic N) is 3. The van der Waals surface area contributed by atoms with Crippen molar-refractivity contribution < 1.29 is 17.6 Å². The van der Waals surface area contributed by atoms with Gasteiger partial charge in [0.1, 0.15) is 5.82 Å². The Labute approximate surface area is 165 Å². The molecule has 0 N–H and O–H groups in total. The van der Waals surface area contributed by atoms with Gasteiger partial charge in [0.15, 0.2) is 0 Å². The Kier molecular flexibility index (Phi) is 6.31. The molecule has 150 valence electrons. The van der Waals surface area contributed by atoms with Crippen LogP contribution < -0.4 is 4.90 Å². The van der Waals surface area contributed by atoms with E-state index in [1.165, 1.54) is 16.4 Å². The number of carbonyl (C=O) groups is 1. The molecular formula is C20H24FN3O3S. The van der Waals surface area contributed by atoms with Crippen LogP contribution in [0.1, 0.15) is 5.56 Å². The second-order valence-electron chi connectivity index (χ2n) is 6.86. The number of rotatable bonds is 6. The summed E-state index contributed by atoms with van der Waals surface area (Å²) >= 11 is 0. The molecule has 1 fully saturated rings. The zero-order valence-corrected chi connectivity index (χ0v) is 16.6. The first kappa shape index (κ1) is 20.3. The molecule has 0 aromatic heterocycles. The normalized spacial score (nSPS) is 15.1. The van der Waals surface area contributed by atoms with E-state index in [9.17, 15) is 17.6 Å². The number of halogens is 1. The van der Waals surface area contributed by atoms with Crippen molar-refractivity contribution >= 4 is 21.6 Å². The maximum atomic E-state index is 13.1. The van der Waals surface area contributed by atoms with Crippen LogP contribution in [0, 0.1) is 5.82 Å². The van der Waals surface area contributed by atoms with E-state index in [0.717, 1.165) is 17.5 Å². The number of piperazine rings is 1. The van der Waals surface area contributed by atoms with Crippen LogP contribution in [-0.4, -0.2) is 62.5 Å². The van der Waals surface area contributed by atoms with Gasteiger partial charge in [-0.15, -0.1) is 0 Å². The minimum atomic E-state index is -3.51. The van der Waals surface area contributed by atoms with Gasteiger partial charge in [-0.05, 0) is 29.8 Å². The van der Waals surface area contributed by atoms with E-state index < -0.39 is 10.0 Å². The van der Waals surface area contributed by atoms with E-state index in [1.807, 2.05) is 30.3 Å². The second-order valence-corrected chi connectivity index (χ2v) is 8.84. The van der Waals surface area contributed by atoms with Crippen molar-refractivity contribution in [3.05, 3.63) is 66.0 Å². The molecule has 8 heteroatoms. The Morgan fingerprint density at radius 2 is 1.61 bits per heavy atom. The molecule has 1 amide bonds. The average Bonchev–Trinajstić information content (AvgIpc) is 2.68. The molecule has 0 radical (unpaired) electrons. The summed E-state index contributed by atoms with van der Waals surface area (Å²) in [5, 5.41) is 0. The second kappa shape index (κ2) is 8.70. The highest BCUT2D eigenvalue weighted by Gasteiger charge is 2.26. The van der Waals surface area contributed by atoms with Crippen LogP contribution in [0.15, 0.2) is 54.6 Å². The van der Waals surface area contributed by atoms with Crippen LogP contribution in [0.5, 0.6) is 0 Å². The Hall–Kier alpha value is -2.45. The molecule has 1 heterocycles. The SMILES string of the molecule is CS(=O)(=O)N(CC(=O)N1CCN(c2ccc(F)cc2)CC1)Cc1ccccc1. The smallest absolute Gasteiger partial charge is 0.238 e. The Bertz CT molecular complexity index is 896. The number of anilines is 1. The quantitative estimate of drug-likeness (QED) is 0.737. The van der Waals surface area contributed by atoms with Crippen molar-refractivity contribution in [3.8, 4) is 0 Å². The molecular weight excluding hydrogens is 381 g/mol. The number of benzene rings is 2. The fourth-order valence-electron chi connectivity index (χ4n) is 3.19. The van der Waals surface area contributed by atoms with Crippen molar-refractivity contribution in [2.45, 2.75) is 6.54 Å². The highest BCUT2D eigenvalue weighted by atomic mass is 32.2. The molecule has 2 aromatic rings. The van der Waals surface area contributed by atoms with Gasteiger partial charge in [-0.25, -0.2) is 12.8 Å². The molecule has 3 rings (SSSR count). The van der Waals surface area contributed by atoms with Gasteiger partial charge in [0.05, 0.1) is 12.8 Å². The maximum absolute atomic E-state index is 13.1. The standard InChI is InChI=1S/C20H24FN3O3S/c1-28(26,27)24(15-17-5-3-2-4-6-17)16-20(25)23-13-11-22(12-14-23)19-9-7-18(21)8-10-19/h2-10H,11-16H2,1H3. The topological polar surface area (TPSA) is 60.9 Å².